The monoisotopic (exact) mass is 305 g/mol. The topological polar surface area (TPSA) is 47.6 Å². The lowest BCUT2D eigenvalue weighted by Crippen LogP contribution is -2.13. The maximum Gasteiger partial charge on any atom is 0.356 e. The van der Waals surface area contributed by atoms with E-state index in [1.54, 1.807) is 0 Å². The molecular weight excluding hydrogens is 285 g/mol. The summed E-state index contributed by atoms with van der Waals surface area (Å²) < 4.78 is 23.2. The summed E-state index contributed by atoms with van der Waals surface area (Å²) in [6, 6.07) is 17.4. The molecule has 0 amide bonds. The van der Waals surface area contributed by atoms with Gasteiger partial charge in [0.15, 0.2) is 5.78 Å². The first-order valence-electron chi connectivity index (χ1n) is 6.68. The number of nitrogens with one attached hydrogen (secondary N) is 1. The van der Waals surface area contributed by atoms with Crippen LogP contribution in [0.4, 0.5) is 5.69 Å². The molecule has 2 aromatic rings. The summed E-state index contributed by atoms with van der Waals surface area (Å²) in [5.74, 6) is -0.559. The SMILES string of the molecule is COP(=O)(OC)[C@@H](Nc1ccc(C)cc1)c1ccccc1. The van der Waals surface area contributed by atoms with Gasteiger partial charge < -0.3 is 14.4 Å². The predicted molar refractivity (Wildman–Crippen MR) is 85.6 cm³/mol. The molecule has 0 heterocycles. The molecule has 2 rings (SSSR count). The zero-order chi connectivity index (χ0) is 15.3. The summed E-state index contributed by atoms with van der Waals surface area (Å²) in [6.45, 7) is 2.02. The van der Waals surface area contributed by atoms with Crippen molar-refractivity contribution in [2.75, 3.05) is 19.5 Å². The van der Waals surface area contributed by atoms with E-state index in [0.717, 1.165) is 11.3 Å². The summed E-state index contributed by atoms with van der Waals surface area (Å²) in [6.07, 6.45) is 0. The van der Waals surface area contributed by atoms with E-state index in [1.807, 2.05) is 61.5 Å². The van der Waals surface area contributed by atoms with Crippen molar-refractivity contribution in [3.8, 4) is 0 Å². The Balaban J connectivity index is 2.37. The Hall–Kier alpha value is -1.61. The predicted octanol–water partition coefficient (Wildman–Crippen LogP) is 4.59. The lowest BCUT2D eigenvalue weighted by Gasteiger charge is -2.26. The van der Waals surface area contributed by atoms with Crippen molar-refractivity contribution >= 4 is 13.3 Å². The van der Waals surface area contributed by atoms with Gasteiger partial charge in [-0.05, 0) is 24.6 Å². The van der Waals surface area contributed by atoms with E-state index in [1.165, 1.54) is 19.8 Å². The van der Waals surface area contributed by atoms with Gasteiger partial charge in [0.25, 0.3) is 0 Å². The molecule has 0 radical (unpaired) electrons. The molecular formula is C16H20NO3P. The van der Waals surface area contributed by atoms with Crippen LogP contribution in [0.2, 0.25) is 0 Å². The molecule has 0 aliphatic rings. The van der Waals surface area contributed by atoms with E-state index >= 15 is 0 Å². The second-order valence-corrected chi connectivity index (χ2v) is 7.05. The van der Waals surface area contributed by atoms with Crippen molar-refractivity contribution in [3.63, 3.8) is 0 Å². The number of hydrogen-bond donors (Lipinski definition) is 1. The van der Waals surface area contributed by atoms with E-state index in [2.05, 4.69) is 5.32 Å². The van der Waals surface area contributed by atoms with Crippen molar-refractivity contribution < 1.29 is 13.6 Å². The van der Waals surface area contributed by atoms with Crippen LogP contribution in [0, 0.1) is 6.92 Å². The molecule has 0 aromatic heterocycles. The third-order valence-corrected chi connectivity index (χ3v) is 5.37. The van der Waals surface area contributed by atoms with Gasteiger partial charge in [-0.25, -0.2) is 0 Å². The molecule has 0 saturated carbocycles. The molecule has 0 spiro atoms. The first kappa shape index (κ1) is 15.8. The van der Waals surface area contributed by atoms with Crippen LogP contribution in [-0.2, 0) is 13.6 Å². The first-order chi connectivity index (χ1) is 10.1. The maximum atomic E-state index is 12.8. The Bertz CT molecular complexity index is 605. The van der Waals surface area contributed by atoms with Crippen LogP contribution in [-0.4, -0.2) is 14.2 Å². The van der Waals surface area contributed by atoms with E-state index in [0.29, 0.717) is 0 Å². The Kier molecular flexibility index (Phi) is 5.18. The molecule has 0 saturated heterocycles. The van der Waals surface area contributed by atoms with Crippen LogP contribution in [0.15, 0.2) is 54.6 Å². The first-order valence-corrected chi connectivity index (χ1v) is 8.29. The summed E-state index contributed by atoms with van der Waals surface area (Å²) in [7, 11) is -0.502. The number of rotatable bonds is 6. The van der Waals surface area contributed by atoms with E-state index in [9.17, 15) is 4.57 Å². The van der Waals surface area contributed by atoms with Crippen LogP contribution in [0.25, 0.3) is 0 Å². The average molecular weight is 305 g/mol. The molecule has 5 heteroatoms. The van der Waals surface area contributed by atoms with E-state index < -0.39 is 13.4 Å². The van der Waals surface area contributed by atoms with E-state index in [4.69, 9.17) is 9.05 Å². The molecule has 112 valence electrons. The zero-order valence-electron chi connectivity index (χ0n) is 12.4. The Morgan fingerprint density at radius 1 is 0.952 bits per heavy atom. The highest BCUT2D eigenvalue weighted by Crippen LogP contribution is 2.59. The fraction of sp³-hybridized carbons (Fsp3) is 0.250. The second kappa shape index (κ2) is 6.90. The van der Waals surface area contributed by atoms with Crippen LogP contribution >= 0.6 is 7.60 Å². The summed E-state index contributed by atoms with van der Waals surface area (Å²) in [4.78, 5) is 0. The van der Waals surface area contributed by atoms with Crippen molar-refractivity contribution in [2.24, 2.45) is 0 Å². The molecule has 4 nitrogen and oxygen atoms in total. The summed E-state index contributed by atoms with van der Waals surface area (Å²) in [5.41, 5.74) is 2.88. The van der Waals surface area contributed by atoms with Crippen LogP contribution < -0.4 is 5.32 Å². The molecule has 0 unspecified atom stereocenters. The lowest BCUT2D eigenvalue weighted by molar-refractivity contribution is 0.268. The van der Waals surface area contributed by atoms with Crippen LogP contribution in [0.5, 0.6) is 0 Å². The van der Waals surface area contributed by atoms with Gasteiger partial charge in [0, 0.05) is 19.9 Å². The number of benzene rings is 2. The summed E-state index contributed by atoms with van der Waals surface area (Å²) >= 11 is 0. The summed E-state index contributed by atoms with van der Waals surface area (Å²) in [5, 5.41) is 3.25. The zero-order valence-corrected chi connectivity index (χ0v) is 13.3. The average Bonchev–Trinajstić information content (AvgIpc) is 2.54. The molecule has 0 fully saturated rings. The Morgan fingerprint density at radius 3 is 2.05 bits per heavy atom. The molecule has 2 aromatic carbocycles. The molecule has 0 bridgehead atoms. The van der Waals surface area contributed by atoms with Crippen LogP contribution in [0.1, 0.15) is 16.9 Å². The number of aryl methyl sites for hydroxylation is 1. The number of anilines is 1. The van der Waals surface area contributed by atoms with Crippen molar-refractivity contribution in [1.82, 2.24) is 0 Å². The third-order valence-electron chi connectivity index (χ3n) is 3.30. The van der Waals surface area contributed by atoms with Gasteiger partial charge in [0.1, 0.15) is 0 Å². The largest absolute Gasteiger partial charge is 0.368 e. The van der Waals surface area contributed by atoms with Crippen LogP contribution in [0.3, 0.4) is 0 Å². The number of hydrogen-bond acceptors (Lipinski definition) is 4. The van der Waals surface area contributed by atoms with Gasteiger partial charge in [-0.2, -0.15) is 0 Å². The fourth-order valence-electron chi connectivity index (χ4n) is 2.07. The van der Waals surface area contributed by atoms with Gasteiger partial charge in [-0.3, -0.25) is 4.57 Å². The quantitative estimate of drug-likeness (QED) is 0.793. The lowest BCUT2D eigenvalue weighted by atomic mass is 10.2. The minimum Gasteiger partial charge on any atom is -0.368 e. The fourth-order valence-corrected chi connectivity index (χ4v) is 3.49. The molecule has 1 N–H and O–H groups in total. The Morgan fingerprint density at radius 2 is 1.52 bits per heavy atom. The van der Waals surface area contributed by atoms with Crippen molar-refractivity contribution in [2.45, 2.75) is 12.7 Å². The van der Waals surface area contributed by atoms with Gasteiger partial charge in [0.2, 0.25) is 0 Å². The second-order valence-electron chi connectivity index (χ2n) is 4.73. The smallest absolute Gasteiger partial charge is 0.356 e. The van der Waals surface area contributed by atoms with Gasteiger partial charge in [-0.1, -0.05) is 48.0 Å². The molecule has 21 heavy (non-hydrogen) atoms. The highest BCUT2D eigenvalue weighted by molar-refractivity contribution is 7.54. The standard InChI is InChI=1S/C16H20NO3P/c1-13-9-11-15(12-10-13)17-16(21(18,19-2)20-3)14-7-5-4-6-8-14/h4-12,16-17H,1-3H3/t16-/m1/s1. The third kappa shape index (κ3) is 3.73. The normalized spacial score (nSPS) is 12.9. The Labute approximate surface area is 125 Å². The van der Waals surface area contributed by atoms with E-state index in [-0.39, 0.29) is 0 Å². The van der Waals surface area contributed by atoms with Gasteiger partial charge in [0.05, 0.1) is 0 Å². The van der Waals surface area contributed by atoms with Crippen molar-refractivity contribution in [3.05, 3.63) is 65.7 Å². The molecule has 1 atom stereocenters. The van der Waals surface area contributed by atoms with Crippen molar-refractivity contribution in [1.29, 1.82) is 0 Å². The minimum atomic E-state index is -3.30. The highest BCUT2D eigenvalue weighted by Gasteiger charge is 2.35. The van der Waals surface area contributed by atoms with Gasteiger partial charge in [-0.15, -0.1) is 0 Å². The molecule has 0 aliphatic carbocycles. The highest BCUT2D eigenvalue weighted by atomic mass is 31.2. The van der Waals surface area contributed by atoms with Gasteiger partial charge >= 0.3 is 7.60 Å². The maximum absolute atomic E-state index is 12.8. The minimum absolute atomic E-state index is 0.559. The molecule has 0 aliphatic heterocycles.